The van der Waals surface area contributed by atoms with E-state index < -0.39 is 28.5 Å². The van der Waals surface area contributed by atoms with Crippen molar-refractivity contribution in [2.45, 2.75) is 26.6 Å². The normalized spacial score (nSPS) is 11.3. The number of rotatable bonds is 9. The fourth-order valence-electron chi connectivity index (χ4n) is 2.91. The SMILES string of the molecule is CCOC(=O)CN(CC(=O)Nc1ccc(C)cc1[N+](=O)[O-])Cc1ccc(C(F)(F)F)cc1. The predicted octanol–water partition coefficient (Wildman–Crippen LogP) is 3.93. The van der Waals surface area contributed by atoms with Crippen LogP contribution in [-0.2, 0) is 27.0 Å². The number of benzene rings is 2. The van der Waals surface area contributed by atoms with E-state index in [1.54, 1.807) is 19.9 Å². The van der Waals surface area contributed by atoms with Crippen molar-refractivity contribution in [3.05, 3.63) is 69.3 Å². The molecule has 32 heavy (non-hydrogen) atoms. The molecule has 0 aliphatic heterocycles. The lowest BCUT2D eigenvalue weighted by atomic mass is 10.1. The van der Waals surface area contributed by atoms with E-state index in [1.807, 2.05) is 0 Å². The lowest BCUT2D eigenvalue weighted by Crippen LogP contribution is -2.37. The second-order valence-electron chi connectivity index (χ2n) is 6.97. The molecule has 11 heteroatoms. The molecule has 0 spiro atoms. The number of nitrogens with zero attached hydrogens (tertiary/aromatic N) is 2. The van der Waals surface area contributed by atoms with E-state index in [2.05, 4.69) is 5.32 Å². The largest absolute Gasteiger partial charge is 0.465 e. The molecule has 0 fully saturated rings. The van der Waals surface area contributed by atoms with Crippen LogP contribution in [0.25, 0.3) is 0 Å². The highest BCUT2D eigenvalue weighted by Gasteiger charge is 2.30. The van der Waals surface area contributed by atoms with Gasteiger partial charge in [0.25, 0.3) is 5.69 Å². The van der Waals surface area contributed by atoms with E-state index in [4.69, 9.17) is 4.74 Å². The van der Waals surface area contributed by atoms with Gasteiger partial charge in [0.15, 0.2) is 0 Å². The number of esters is 1. The van der Waals surface area contributed by atoms with E-state index in [0.717, 1.165) is 12.1 Å². The Balaban J connectivity index is 2.15. The number of nitrogens with one attached hydrogen (secondary N) is 1. The average Bonchev–Trinajstić information content (AvgIpc) is 2.69. The highest BCUT2D eigenvalue weighted by atomic mass is 19.4. The maximum Gasteiger partial charge on any atom is 0.416 e. The van der Waals surface area contributed by atoms with Gasteiger partial charge >= 0.3 is 12.1 Å². The van der Waals surface area contributed by atoms with E-state index in [-0.39, 0.29) is 37.6 Å². The van der Waals surface area contributed by atoms with Crippen molar-refractivity contribution in [3.63, 3.8) is 0 Å². The van der Waals surface area contributed by atoms with Crippen LogP contribution in [0.15, 0.2) is 42.5 Å². The number of hydrogen-bond donors (Lipinski definition) is 1. The number of amides is 1. The molecule has 0 bridgehead atoms. The van der Waals surface area contributed by atoms with Gasteiger partial charge in [0, 0.05) is 12.6 Å². The first-order valence-corrected chi connectivity index (χ1v) is 9.58. The minimum atomic E-state index is -4.48. The van der Waals surface area contributed by atoms with Crippen molar-refractivity contribution < 1.29 is 32.4 Å². The number of nitro groups is 1. The molecular formula is C21H22F3N3O5. The standard InChI is InChI=1S/C21H22F3N3O5/c1-3-32-20(29)13-26(11-15-5-7-16(8-6-15)21(22,23)24)12-19(28)25-17-9-4-14(2)10-18(17)27(30)31/h4-10H,3,11-13H2,1-2H3,(H,25,28). The molecule has 2 aromatic rings. The number of anilines is 1. The zero-order valence-electron chi connectivity index (χ0n) is 17.4. The van der Waals surface area contributed by atoms with Crippen molar-refractivity contribution >= 4 is 23.3 Å². The summed E-state index contributed by atoms with van der Waals surface area (Å²) in [5.74, 6) is -1.25. The van der Waals surface area contributed by atoms with Gasteiger partial charge in [-0.25, -0.2) is 0 Å². The third-order valence-corrected chi connectivity index (χ3v) is 4.34. The first-order valence-electron chi connectivity index (χ1n) is 9.58. The average molecular weight is 453 g/mol. The van der Waals surface area contributed by atoms with Gasteiger partial charge in [-0.3, -0.25) is 24.6 Å². The van der Waals surface area contributed by atoms with Gasteiger partial charge in [-0.15, -0.1) is 0 Å². The predicted molar refractivity (Wildman–Crippen MR) is 110 cm³/mol. The number of ether oxygens (including phenoxy) is 1. The summed E-state index contributed by atoms with van der Waals surface area (Å²) in [6.07, 6.45) is -4.48. The molecule has 1 amide bonds. The lowest BCUT2D eigenvalue weighted by Gasteiger charge is -2.21. The number of nitro benzene ring substituents is 1. The Hall–Kier alpha value is -3.47. The van der Waals surface area contributed by atoms with Gasteiger partial charge < -0.3 is 10.1 Å². The van der Waals surface area contributed by atoms with Crippen LogP contribution in [0.3, 0.4) is 0 Å². The molecule has 2 aromatic carbocycles. The van der Waals surface area contributed by atoms with Crippen LogP contribution in [0.2, 0.25) is 0 Å². The number of halogens is 3. The molecule has 0 atom stereocenters. The number of carbonyl (C=O) groups excluding carboxylic acids is 2. The topological polar surface area (TPSA) is 102 Å². The highest BCUT2D eigenvalue weighted by molar-refractivity contribution is 5.94. The molecule has 0 radical (unpaired) electrons. The van der Waals surface area contributed by atoms with Crippen LogP contribution in [0.1, 0.15) is 23.6 Å². The zero-order chi connectivity index (χ0) is 23.9. The van der Waals surface area contributed by atoms with Gasteiger partial charge in [-0.1, -0.05) is 18.2 Å². The van der Waals surface area contributed by atoms with E-state index in [9.17, 15) is 32.9 Å². The summed E-state index contributed by atoms with van der Waals surface area (Å²) in [5.41, 5.74) is -0.0192. The number of alkyl halides is 3. The molecule has 0 aromatic heterocycles. The van der Waals surface area contributed by atoms with Crippen molar-refractivity contribution in [1.29, 1.82) is 0 Å². The van der Waals surface area contributed by atoms with Gasteiger partial charge in [0.1, 0.15) is 5.69 Å². The van der Waals surface area contributed by atoms with Gasteiger partial charge in [-0.2, -0.15) is 13.2 Å². The molecule has 0 saturated heterocycles. The van der Waals surface area contributed by atoms with E-state index in [1.165, 1.54) is 29.2 Å². The summed E-state index contributed by atoms with van der Waals surface area (Å²) in [6, 6.07) is 8.64. The fraction of sp³-hybridized carbons (Fsp3) is 0.333. The Labute approximate surface area is 182 Å². The third kappa shape index (κ3) is 7.34. The van der Waals surface area contributed by atoms with Gasteiger partial charge in [-0.05, 0) is 43.2 Å². The molecule has 2 rings (SSSR count). The van der Waals surface area contributed by atoms with Crippen molar-refractivity contribution in [2.75, 3.05) is 25.0 Å². The summed E-state index contributed by atoms with van der Waals surface area (Å²) in [5, 5.41) is 13.7. The molecule has 1 N–H and O–H groups in total. The van der Waals surface area contributed by atoms with Crippen molar-refractivity contribution in [2.24, 2.45) is 0 Å². The van der Waals surface area contributed by atoms with E-state index >= 15 is 0 Å². The molecule has 0 unspecified atom stereocenters. The molecule has 0 aliphatic rings. The molecule has 0 heterocycles. The van der Waals surface area contributed by atoms with Crippen molar-refractivity contribution in [1.82, 2.24) is 4.90 Å². The van der Waals surface area contributed by atoms with E-state index in [0.29, 0.717) is 11.1 Å². The Morgan fingerprint density at radius 3 is 2.34 bits per heavy atom. The second-order valence-corrected chi connectivity index (χ2v) is 6.97. The van der Waals surface area contributed by atoms with Crippen LogP contribution in [0, 0.1) is 17.0 Å². The maximum atomic E-state index is 12.8. The molecule has 0 saturated carbocycles. The summed E-state index contributed by atoms with van der Waals surface area (Å²) in [7, 11) is 0. The van der Waals surface area contributed by atoms with Gasteiger partial charge in [0.2, 0.25) is 5.91 Å². The van der Waals surface area contributed by atoms with Crippen LogP contribution in [0.5, 0.6) is 0 Å². The molecule has 8 nitrogen and oxygen atoms in total. The molecule has 0 aliphatic carbocycles. The summed E-state index contributed by atoms with van der Waals surface area (Å²) in [6.45, 7) is 2.75. The quantitative estimate of drug-likeness (QED) is 0.351. The van der Waals surface area contributed by atoms with Crippen LogP contribution < -0.4 is 5.32 Å². The van der Waals surface area contributed by atoms with Crippen molar-refractivity contribution in [3.8, 4) is 0 Å². The smallest absolute Gasteiger partial charge is 0.416 e. The Morgan fingerprint density at radius 1 is 1.12 bits per heavy atom. The Morgan fingerprint density at radius 2 is 1.78 bits per heavy atom. The summed E-state index contributed by atoms with van der Waals surface area (Å²) in [4.78, 5) is 36.4. The second kappa shape index (κ2) is 10.7. The number of aryl methyl sites for hydroxylation is 1. The maximum absolute atomic E-state index is 12.8. The number of carbonyl (C=O) groups is 2. The zero-order valence-corrected chi connectivity index (χ0v) is 17.4. The minimum absolute atomic E-state index is 0.00350. The molecular weight excluding hydrogens is 431 g/mol. The monoisotopic (exact) mass is 453 g/mol. The Bertz CT molecular complexity index is 978. The highest BCUT2D eigenvalue weighted by Crippen LogP contribution is 2.29. The molecule has 172 valence electrons. The van der Waals surface area contributed by atoms with Crippen LogP contribution in [0.4, 0.5) is 24.5 Å². The summed E-state index contributed by atoms with van der Waals surface area (Å²) < 4.78 is 43.2. The van der Waals surface area contributed by atoms with Gasteiger partial charge in [0.05, 0.1) is 30.2 Å². The number of hydrogen-bond acceptors (Lipinski definition) is 6. The Kier molecular flexibility index (Phi) is 8.30. The van der Waals surface area contributed by atoms with Crippen LogP contribution >= 0.6 is 0 Å². The lowest BCUT2D eigenvalue weighted by molar-refractivity contribution is -0.384. The third-order valence-electron chi connectivity index (χ3n) is 4.34. The first kappa shape index (κ1) is 24.8. The fourth-order valence-corrected chi connectivity index (χ4v) is 2.91. The summed E-state index contributed by atoms with van der Waals surface area (Å²) >= 11 is 0. The first-order chi connectivity index (χ1) is 15.0. The minimum Gasteiger partial charge on any atom is -0.465 e. The van der Waals surface area contributed by atoms with Crippen LogP contribution in [-0.4, -0.2) is 41.4 Å².